The van der Waals surface area contributed by atoms with Gasteiger partial charge in [-0.05, 0) is 11.6 Å². The van der Waals surface area contributed by atoms with Crippen LogP contribution in [0.25, 0.3) is 0 Å². The Balaban J connectivity index is 3.29. The third-order valence-corrected chi connectivity index (χ3v) is 1.91. The number of benzene rings is 1. The number of hydrogen-bond acceptors (Lipinski definition) is 6. The molecule has 5 N–H and O–H groups in total. The van der Waals surface area contributed by atoms with E-state index in [0.29, 0.717) is 0 Å². The molecule has 0 bridgehead atoms. The maximum Gasteiger partial charge on any atom is 0.314 e. The monoisotopic (exact) mass is 214 g/mol. The first-order valence-electron chi connectivity index (χ1n) is 4.04. The second-order valence-electron chi connectivity index (χ2n) is 2.95. The van der Waals surface area contributed by atoms with Gasteiger partial charge in [-0.1, -0.05) is 0 Å². The number of aromatic hydroxyl groups is 2. The number of nitro groups is 1. The molecule has 1 aromatic carbocycles. The highest BCUT2D eigenvalue weighted by molar-refractivity contribution is 5.56. The summed E-state index contributed by atoms with van der Waals surface area (Å²) in [5.74, 6) is -1.45. The lowest BCUT2D eigenvalue weighted by Gasteiger charge is -2.09. The molecule has 1 atom stereocenters. The molecular formula is C8H10N2O5. The van der Waals surface area contributed by atoms with E-state index in [9.17, 15) is 15.2 Å². The minimum absolute atomic E-state index is 0.180. The highest BCUT2D eigenvalue weighted by atomic mass is 16.6. The SMILES string of the molecule is N[C@H](CO)c1cc(O)c(O)c([N+](=O)[O-])c1. The van der Waals surface area contributed by atoms with Gasteiger partial charge in [0.2, 0.25) is 5.75 Å². The van der Waals surface area contributed by atoms with Gasteiger partial charge in [-0.2, -0.15) is 0 Å². The van der Waals surface area contributed by atoms with Crippen molar-refractivity contribution >= 4 is 5.69 Å². The smallest absolute Gasteiger partial charge is 0.314 e. The topological polar surface area (TPSA) is 130 Å². The van der Waals surface area contributed by atoms with E-state index in [1.807, 2.05) is 0 Å². The molecule has 0 heterocycles. The summed E-state index contributed by atoms with van der Waals surface area (Å²) in [6.07, 6.45) is 0. The molecule has 1 rings (SSSR count). The minimum Gasteiger partial charge on any atom is -0.504 e. The Labute approximate surface area is 84.5 Å². The second-order valence-corrected chi connectivity index (χ2v) is 2.95. The minimum atomic E-state index is -0.845. The van der Waals surface area contributed by atoms with Crippen molar-refractivity contribution in [3.05, 3.63) is 27.8 Å². The van der Waals surface area contributed by atoms with E-state index in [2.05, 4.69) is 0 Å². The number of aliphatic hydroxyl groups is 1. The van der Waals surface area contributed by atoms with Crippen LogP contribution in [0, 0.1) is 10.1 Å². The number of aliphatic hydroxyl groups excluding tert-OH is 1. The fourth-order valence-corrected chi connectivity index (χ4v) is 1.08. The van der Waals surface area contributed by atoms with Crippen LogP contribution in [0.15, 0.2) is 12.1 Å². The highest BCUT2D eigenvalue weighted by Crippen LogP contribution is 2.37. The van der Waals surface area contributed by atoms with Gasteiger partial charge in [0.1, 0.15) is 0 Å². The zero-order chi connectivity index (χ0) is 11.6. The molecule has 15 heavy (non-hydrogen) atoms. The fraction of sp³-hybridized carbons (Fsp3) is 0.250. The summed E-state index contributed by atoms with van der Waals surface area (Å²) in [5.41, 5.74) is 4.95. The van der Waals surface area contributed by atoms with Gasteiger partial charge in [0.15, 0.2) is 5.75 Å². The number of nitro benzene ring substituents is 1. The predicted octanol–water partition coefficient (Wildman–Crippen LogP) is -0.00190. The van der Waals surface area contributed by atoms with Crippen molar-refractivity contribution in [1.82, 2.24) is 0 Å². The Kier molecular flexibility index (Phi) is 3.08. The van der Waals surface area contributed by atoms with E-state index in [4.69, 9.17) is 15.9 Å². The van der Waals surface area contributed by atoms with Gasteiger partial charge in [0, 0.05) is 6.07 Å². The third-order valence-electron chi connectivity index (χ3n) is 1.91. The van der Waals surface area contributed by atoms with Crippen LogP contribution >= 0.6 is 0 Å². The van der Waals surface area contributed by atoms with Gasteiger partial charge in [0.05, 0.1) is 17.6 Å². The van der Waals surface area contributed by atoms with Gasteiger partial charge < -0.3 is 21.1 Å². The lowest BCUT2D eigenvalue weighted by molar-refractivity contribution is -0.386. The highest BCUT2D eigenvalue weighted by Gasteiger charge is 2.20. The first-order chi connectivity index (χ1) is 6.97. The molecule has 0 aliphatic carbocycles. The van der Waals surface area contributed by atoms with Crippen LogP contribution in [0.4, 0.5) is 5.69 Å². The Morgan fingerprint density at radius 3 is 2.53 bits per heavy atom. The van der Waals surface area contributed by atoms with Crippen molar-refractivity contribution in [3.63, 3.8) is 0 Å². The van der Waals surface area contributed by atoms with Gasteiger partial charge in [-0.25, -0.2) is 0 Å². The summed E-state index contributed by atoms with van der Waals surface area (Å²) in [4.78, 5) is 9.62. The lowest BCUT2D eigenvalue weighted by atomic mass is 10.1. The van der Waals surface area contributed by atoms with Gasteiger partial charge in [0.25, 0.3) is 0 Å². The van der Waals surface area contributed by atoms with Crippen LogP contribution in [0.3, 0.4) is 0 Å². The van der Waals surface area contributed by atoms with Crippen LogP contribution in [0.5, 0.6) is 11.5 Å². The summed E-state index contributed by atoms with van der Waals surface area (Å²) in [6, 6.07) is 1.24. The summed E-state index contributed by atoms with van der Waals surface area (Å²) < 4.78 is 0. The van der Waals surface area contributed by atoms with Gasteiger partial charge >= 0.3 is 5.69 Å². The van der Waals surface area contributed by atoms with Crippen LogP contribution in [-0.2, 0) is 0 Å². The average Bonchev–Trinajstić information content (AvgIpc) is 2.20. The van der Waals surface area contributed by atoms with Crippen molar-refractivity contribution in [2.75, 3.05) is 6.61 Å². The standard InChI is InChI=1S/C8H10N2O5/c9-5(3-11)4-1-6(10(14)15)8(13)7(12)2-4/h1-2,5,11-13H,3,9H2/t5-/m1/s1. The summed E-state index contributed by atoms with van der Waals surface area (Å²) in [6.45, 7) is -0.415. The molecule has 0 aliphatic heterocycles. The summed E-state index contributed by atoms with van der Waals surface area (Å²) >= 11 is 0. The van der Waals surface area contributed by atoms with E-state index in [1.54, 1.807) is 0 Å². The molecule has 1 aromatic rings. The maximum atomic E-state index is 10.5. The van der Waals surface area contributed by atoms with Crippen molar-refractivity contribution in [3.8, 4) is 11.5 Å². The number of hydrogen-bond donors (Lipinski definition) is 4. The van der Waals surface area contributed by atoms with Gasteiger partial charge in [-0.3, -0.25) is 10.1 Å². The van der Waals surface area contributed by atoms with Crippen molar-refractivity contribution in [2.24, 2.45) is 5.73 Å². The van der Waals surface area contributed by atoms with Crippen molar-refractivity contribution in [1.29, 1.82) is 0 Å². The van der Waals surface area contributed by atoms with E-state index < -0.39 is 34.8 Å². The first kappa shape index (κ1) is 11.2. The second kappa shape index (κ2) is 4.11. The fourth-order valence-electron chi connectivity index (χ4n) is 1.08. The Hall–Kier alpha value is -1.86. The molecule has 0 unspecified atom stereocenters. The van der Waals surface area contributed by atoms with E-state index in [-0.39, 0.29) is 5.56 Å². The quantitative estimate of drug-likeness (QED) is 0.318. The number of rotatable bonds is 3. The Bertz CT molecular complexity index is 393. The van der Waals surface area contributed by atoms with Crippen LogP contribution in [0.1, 0.15) is 11.6 Å². The Morgan fingerprint density at radius 1 is 1.47 bits per heavy atom. The lowest BCUT2D eigenvalue weighted by Crippen LogP contribution is -2.14. The number of nitrogens with two attached hydrogens (primary N) is 1. The molecule has 0 amide bonds. The largest absolute Gasteiger partial charge is 0.504 e. The van der Waals surface area contributed by atoms with Crippen LogP contribution in [0.2, 0.25) is 0 Å². The zero-order valence-corrected chi connectivity index (χ0v) is 7.62. The molecule has 7 nitrogen and oxygen atoms in total. The average molecular weight is 214 g/mol. The van der Waals surface area contributed by atoms with E-state index >= 15 is 0 Å². The maximum absolute atomic E-state index is 10.5. The first-order valence-corrected chi connectivity index (χ1v) is 4.04. The molecule has 0 aromatic heterocycles. The number of phenolic OH excluding ortho intramolecular Hbond substituents is 2. The van der Waals surface area contributed by atoms with Crippen LogP contribution in [-0.4, -0.2) is 26.8 Å². The van der Waals surface area contributed by atoms with Crippen molar-refractivity contribution < 1.29 is 20.2 Å². The van der Waals surface area contributed by atoms with E-state index in [0.717, 1.165) is 12.1 Å². The molecule has 0 saturated heterocycles. The normalized spacial score (nSPS) is 12.4. The van der Waals surface area contributed by atoms with E-state index in [1.165, 1.54) is 0 Å². The molecular weight excluding hydrogens is 204 g/mol. The number of phenols is 2. The Morgan fingerprint density at radius 2 is 2.07 bits per heavy atom. The predicted molar refractivity (Wildman–Crippen MR) is 50.4 cm³/mol. The molecule has 0 fully saturated rings. The summed E-state index contributed by atoms with van der Waals surface area (Å²) in [5, 5.41) is 37.5. The molecule has 0 aliphatic rings. The molecule has 0 saturated carbocycles. The number of nitrogens with zero attached hydrogens (tertiary/aromatic N) is 1. The molecule has 0 radical (unpaired) electrons. The zero-order valence-electron chi connectivity index (χ0n) is 7.62. The molecule has 7 heteroatoms. The van der Waals surface area contributed by atoms with Crippen LogP contribution < -0.4 is 5.73 Å². The van der Waals surface area contributed by atoms with Crippen molar-refractivity contribution in [2.45, 2.75) is 6.04 Å². The third kappa shape index (κ3) is 2.14. The molecule has 0 spiro atoms. The summed E-state index contributed by atoms with van der Waals surface area (Å²) in [7, 11) is 0. The van der Waals surface area contributed by atoms with Gasteiger partial charge in [-0.15, -0.1) is 0 Å². The molecule has 82 valence electrons.